The lowest BCUT2D eigenvalue weighted by molar-refractivity contribution is 0.347. The van der Waals surface area contributed by atoms with Crippen LogP contribution in [-0.4, -0.2) is 15.0 Å². The average molecular weight is 341 g/mol. The molecule has 0 aliphatic carbocycles. The van der Waals surface area contributed by atoms with Crippen LogP contribution in [0.1, 0.15) is 32.0 Å². The van der Waals surface area contributed by atoms with E-state index in [1.54, 1.807) is 6.07 Å². The van der Waals surface area contributed by atoms with E-state index >= 15 is 0 Å². The molecule has 108 valence electrons. The third-order valence-electron chi connectivity index (χ3n) is 2.86. The smallest absolute Gasteiger partial charge is 0.123 e. The van der Waals surface area contributed by atoms with E-state index in [-0.39, 0.29) is 11.4 Å². The van der Waals surface area contributed by atoms with Gasteiger partial charge in [-0.1, -0.05) is 21.1 Å². The highest BCUT2D eigenvalue weighted by Gasteiger charge is 2.14. The Hall–Kier alpha value is -1.27. The van der Waals surface area contributed by atoms with Crippen molar-refractivity contribution in [3.05, 3.63) is 45.9 Å². The van der Waals surface area contributed by atoms with Gasteiger partial charge in [0.25, 0.3) is 0 Å². The summed E-state index contributed by atoms with van der Waals surface area (Å²) in [6.45, 7) is 7.38. The number of hydrogen-bond acceptors (Lipinski definition) is 3. The van der Waals surface area contributed by atoms with Crippen molar-refractivity contribution < 1.29 is 4.39 Å². The molecule has 0 saturated carbocycles. The van der Waals surface area contributed by atoms with Gasteiger partial charge in [0.15, 0.2) is 0 Å². The van der Waals surface area contributed by atoms with E-state index in [0.29, 0.717) is 13.1 Å². The highest BCUT2D eigenvalue weighted by molar-refractivity contribution is 9.10. The molecule has 1 heterocycles. The maximum absolute atomic E-state index is 13.2. The first-order chi connectivity index (χ1) is 9.36. The van der Waals surface area contributed by atoms with E-state index < -0.39 is 0 Å². The average Bonchev–Trinajstić information content (AvgIpc) is 2.82. The molecule has 6 heteroatoms. The van der Waals surface area contributed by atoms with Crippen LogP contribution in [0, 0.1) is 5.82 Å². The van der Waals surface area contributed by atoms with Gasteiger partial charge in [0.1, 0.15) is 5.82 Å². The lowest BCUT2D eigenvalue weighted by Crippen LogP contribution is -2.22. The van der Waals surface area contributed by atoms with Crippen LogP contribution in [0.15, 0.2) is 28.9 Å². The lowest BCUT2D eigenvalue weighted by Gasteiger charge is -2.17. The zero-order valence-electron chi connectivity index (χ0n) is 11.8. The summed E-state index contributed by atoms with van der Waals surface area (Å²) in [5.74, 6) is -0.233. The second-order valence-electron chi connectivity index (χ2n) is 5.66. The van der Waals surface area contributed by atoms with E-state index in [2.05, 4.69) is 52.3 Å². The van der Waals surface area contributed by atoms with Crippen LogP contribution in [0.2, 0.25) is 0 Å². The SMILES string of the molecule is CC(C)(C)n1cc(CNCc2cc(F)ccc2Br)nn1. The van der Waals surface area contributed by atoms with E-state index in [4.69, 9.17) is 0 Å². The fraction of sp³-hybridized carbons (Fsp3) is 0.429. The molecule has 0 amide bonds. The topological polar surface area (TPSA) is 42.7 Å². The monoisotopic (exact) mass is 340 g/mol. The van der Waals surface area contributed by atoms with Gasteiger partial charge in [-0.3, -0.25) is 0 Å². The first-order valence-corrected chi connectivity index (χ1v) is 7.22. The number of rotatable bonds is 4. The molecule has 20 heavy (non-hydrogen) atoms. The third-order valence-corrected chi connectivity index (χ3v) is 3.63. The minimum Gasteiger partial charge on any atom is -0.307 e. The molecule has 1 aromatic carbocycles. The zero-order chi connectivity index (χ0) is 14.8. The third kappa shape index (κ3) is 3.86. The molecule has 0 saturated heterocycles. The number of hydrogen-bond donors (Lipinski definition) is 1. The van der Waals surface area contributed by atoms with E-state index in [9.17, 15) is 4.39 Å². The molecule has 0 aliphatic rings. The van der Waals surface area contributed by atoms with Crippen LogP contribution in [0.4, 0.5) is 4.39 Å². The number of nitrogens with zero attached hydrogens (tertiary/aromatic N) is 3. The highest BCUT2D eigenvalue weighted by atomic mass is 79.9. The van der Waals surface area contributed by atoms with Crippen LogP contribution >= 0.6 is 15.9 Å². The second kappa shape index (κ2) is 6.01. The molecular weight excluding hydrogens is 323 g/mol. The molecular formula is C14H18BrFN4. The van der Waals surface area contributed by atoms with Crippen LogP contribution in [0.3, 0.4) is 0 Å². The summed E-state index contributed by atoms with van der Waals surface area (Å²) in [6, 6.07) is 4.66. The minimum absolute atomic E-state index is 0.0726. The Kier molecular flexibility index (Phi) is 4.55. The second-order valence-corrected chi connectivity index (χ2v) is 6.52. The van der Waals surface area contributed by atoms with Gasteiger partial charge in [0.2, 0.25) is 0 Å². The quantitative estimate of drug-likeness (QED) is 0.929. The molecule has 4 nitrogen and oxygen atoms in total. The molecule has 2 aromatic rings. The van der Waals surface area contributed by atoms with E-state index in [0.717, 1.165) is 15.7 Å². The molecule has 0 radical (unpaired) electrons. The molecule has 0 unspecified atom stereocenters. The summed E-state index contributed by atoms with van der Waals surface area (Å²) in [6.07, 6.45) is 1.92. The Morgan fingerprint density at radius 2 is 2.05 bits per heavy atom. The number of aromatic nitrogens is 3. The highest BCUT2D eigenvalue weighted by Crippen LogP contribution is 2.17. The fourth-order valence-corrected chi connectivity index (χ4v) is 2.10. The van der Waals surface area contributed by atoms with Crippen molar-refractivity contribution in [1.82, 2.24) is 20.3 Å². The number of nitrogens with one attached hydrogen (secondary N) is 1. The van der Waals surface area contributed by atoms with Crippen LogP contribution < -0.4 is 5.32 Å². The zero-order valence-corrected chi connectivity index (χ0v) is 13.4. The molecule has 0 spiro atoms. The van der Waals surface area contributed by atoms with Crippen molar-refractivity contribution in [2.45, 2.75) is 39.4 Å². The minimum atomic E-state index is -0.233. The van der Waals surface area contributed by atoms with Gasteiger partial charge in [-0.05, 0) is 44.5 Å². The van der Waals surface area contributed by atoms with Crippen molar-refractivity contribution in [2.75, 3.05) is 0 Å². The molecule has 0 bridgehead atoms. The molecule has 0 aliphatic heterocycles. The summed E-state index contributed by atoms with van der Waals surface area (Å²) in [5, 5.41) is 11.5. The predicted molar refractivity (Wildman–Crippen MR) is 79.7 cm³/mol. The Balaban J connectivity index is 1.93. The lowest BCUT2D eigenvalue weighted by atomic mass is 10.1. The Bertz CT molecular complexity index is 589. The largest absolute Gasteiger partial charge is 0.307 e. The molecule has 2 rings (SSSR count). The summed E-state index contributed by atoms with van der Waals surface area (Å²) in [5.41, 5.74) is 1.68. The van der Waals surface area contributed by atoms with Crippen molar-refractivity contribution in [1.29, 1.82) is 0 Å². The van der Waals surface area contributed by atoms with Gasteiger partial charge in [-0.25, -0.2) is 9.07 Å². The van der Waals surface area contributed by atoms with Gasteiger partial charge in [-0.15, -0.1) is 5.10 Å². The molecule has 0 fully saturated rings. The van der Waals surface area contributed by atoms with Gasteiger partial charge in [-0.2, -0.15) is 0 Å². The molecule has 1 N–H and O–H groups in total. The van der Waals surface area contributed by atoms with E-state index in [1.165, 1.54) is 12.1 Å². The summed E-state index contributed by atoms with van der Waals surface area (Å²) in [4.78, 5) is 0. The predicted octanol–water partition coefficient (Wildman–Crippen LogP) is 3.22. The summed E-state index contributed by atoms with van der Waals surface area (Å²) >= 11 is 3.41. The Morgan fingerprint density at radius 3 is 2.70 bits per heavy atom. The van der Waals surface area contributed by atoms with E-state index in [1.807, 2.05) is 10.9 Å². The van der Waals surface area contributed by atoms with Crippen LogP contribution in [0.5, 0.6) is 0 Å². The summed E-state index contributed by atoms with van der Waals surface area (Å²) < 4.78 is 15.9. The Morgan fingerprint density at radius 1 is 1.30 bits per heavy atom. The van der Waals surface area contributed by atoms with Crippen LogP contribution in [-0.2, 0) is 18.6 Å². The normalized spacial score (nSPS) is 11.8. The number of halogens is 2. The maximum Gasteiger partial charge on any atom is 0.123 e. The fourth-order valence-electron chi connectivity index (χ4n) is 1.71. The van der Waals surface area contributed by atoms with Crippen molar-refractivity contribution in [2.24, 2.45) is 0 Å². The van der Waals surface area contributed by atoms with Gasteiger partial charge >= 0.3 is 0 Å². The maximum atomic E-state index is 13.2. The van der Waals surface area contributed by atoms with Crippen LogP contribution in [0.25, 0.3) is 0 Å². The number of benzene rings is 1. The van der Waals surface area contributed by atoms with Gasteiger partial charge in [0, 0.05) is 17.6 Å². The van der Waals surface area contributed by atoms with Crippen molar-refractivity contribution >= 4 is 15.9 Å². The first kappa shape index (κ1) is 15.1. The van der Waals surface area contributed by atoms with Gasteiger partial charge in [0.05, 0.1) is 17.4 Å². The summed E-state index contributed by atoms with van der Waals surface area (Å²) in [7, 11) is 0. The van der Waals surface area contributed by atoms with Crippen molar-refractivity contribution in [3.63, 3.8) is 0 Å². The van der Waals surface area contributed by atoms with Gasteiger partial charge < -0.3 is 5.32 Å². The first-order valence-electron chi connectivity index (χ1n) is 6.42. The molecule has 1 aromatic heterocycles. The molecule has 0 atom stereocenters. The van der Waals surface area contributed by atoms with Crippen molar-refractivity contribution in [3.8, 4) is 0 Å². The Labute approximate surface area is 126 Å². The standard InChI is InChI=1S/C14H18BrFN4/c1-14(2,3)20-9-12(18-19-20)8-17-7-10-6-11(16)4-5-13(10)15/h4-6,9,17H,7-8H2,1-3H3.